The molecular formula is C17H24N2O3. The van der Waals surface area contributed by atoms with E-state index in [4.69, 9.17) is 4.74 Å². The Bertz CT molecular complexity index is 537. The number of nitrogens with zero attached hydrogens (tertiary/aromatic N) is 2. The van der Waals surface area contributed by atoms with Crippen LogP contribution in [-0.2, 0) is 16.1 Å². The monoisotopic (exact) mass is 304 g/mol. The zero-order valence-electron chi connectivity index (χ0n) is 13.7. The number of piperazine rings is 1. The molecular weight excluding hydrogens is 280 g/mol. The lowest BCUT2D eigenvalue weighted by Gasteiger charge is -2.39. The van der Waals surface area contributed by atoms with Crippen LogP contribution < -0.4 is 0 Å². The summed E-state index contributed by atoms with van der Waals surface area (Å²) in [5, 5.41) is 0. The molecule has 5 nitrogen and oxygen atoms in total. The molecule has 0 aromatic heterocycles. The Balaban J connectivity index is 2.00. The molecule has 1 aliphatic heterocycles. The smallest absolute Gasteiger partial charge is 0.410 e. The highest BCUT2D eigenvalue weighted by atomic mass is 16.6. The average Bonchev–Trinajstić information content (AvgIpc) is 2.42. The largest absolute Gasteiger partial charge is 0.444 e. The van der Waals surface area contributed by atoms with Gasteiger partial charge in [0.2, 0.25) is 5.91 Å². The first kappa shape index (κ1) is 16.3. The molecule has 0 saturated carbocycles. The summed E-state index contributed by atoms with van der Waals surface area (Å²) in [5.74, 6) is -0.0477. The summed E-state index contributed by atoms with van der Waals surface area (Å²) < 4.78 is 5.34. The van der Waals surface area contributed by atoms with E-state index in [0.29, 0.717) is 13.1 Å². The van der Waals surface area contributed by atoms with Gasteiger partial charge in [-0.1, -0.05) is 30.3 Å². The van der Waals surface area contributed by atoms with Crippen LogP contribution in [0.1, 0.15) is 33.3 Å². The van der Waals surface area contributed by atoms with Gasteiger partial charge in [0.05, 0.1) is 0 Å². The van der Waals surface area contributed by atoms with Crippen LogP contribution >= 0.6 is 0 Å². The number of benzene rings is 1. The second-order valence-electron chi connectivity index (χ2n) is 6.72. The van der Waals surface area contributed by atoms with Gasteiger partial charge in [0, 0.05) is 19.1 Å². The summed E-state index contributed by atoms with van der Waals surface area (Å²) in [6.45, 7) is 8.56. The first-order valence-electron chi connectivity index (χ1n) is 7.57. The highest BCUT2D eigenvalue weighted by Gasteiger charge is 2.34. The van der Waals surface area contributed by atoms with Crippen molar-refractivity contribution in [1.82, 2.24) is 9.80 Å². The maximum absolute atomic E-state index is 12.4. The minimum atomic E-state index is -0.551. The van der Waals surface area contributed by atoms with Gasteiger partial charge in [-0.15, -0.1) is 0 Å². The maximum atomic E-state index is 12.4. The van der Waals surface area contributed by atoms with E-state index < -0.39 is 11.7 Å². The lowest BCUT2D eigenvalue weighted by molar-refractivity contribution is -0.139. The van der Waals surface area contributed by atoms with Crippen molar-refractivity contribution in [2.75, 3.05) is 13.1 Å². The van der Waals surface area contributed by atoms with E-state index in [1.165, 1.54) is 4.90 Å². The Kier molecular flexibility index (Phi) is 4.74. The van der Waals surface area contributed by atoms with Crippen LogP contribution in [0.4, 0.5) is 4.79 Å². The van der Waals surface area contributed by atoms with Crippen LogP contribution in [0.25, 0.3) is 0 Å². The third-order valence-electron chi connectivity index (χ3n) is 3.51. The second kappa shape index (κ2) is 6.38. The molecule has 1 fully saturated rings. The van der Waals surface area contributed by atoms with E-state index in [-0.39, 0.29) is 18.5 Å². The van der Waals surface area contributed by atoms with Crippen molar-refractivity contribution in [2.24, 2.45) is 0 Å². The van der Waals surface area contributed by atoms with Gasteiger partial charge in [-0.05, 0) is 33.3 Å². The van der Waals surface area contributed by atoms with E-state index in [1.54, 1.807) is 0 Å². The fourth-order valence-electron chi connectivity index (χ4n) is 2.47. The van der Waals surface area contributed by atoms with E-state index in [2.05, 4.69) is 0 Å². The van der Waals surface area contributed by atoms with Crippen LogP contribution in [0, 0.1) is 0 Å². The number of ether oxygens (including phenoxy) is 1. The van der Waals surface area contributed by atoms with Crippen molar-refractivity contribution < 1.29 is 14.3 Å². The first-order chi connectivity index (χ1) is 10.3. The molecule has 5 heteroatoms. The number of amides is 2. The van der Waals surface area contributed by atoms with Gasteiger partial charge in [-0.2, -0.15) is 0 Å². The number of hydrogen-bond donors (Lipinski definition) is 0. The van der Waals surface area contributed by atoms with Gasteiger partial charge in [0.1, 0.15) is 12.1 Å². The van der Waals surface area contributed by atoms with Crippen LogP contribution in [0.3, 0.4) is 0 Å². The Labute approximate surface area is 131 Å². The predicted molar refractivity (Wildman–Crippen MR) is 84.3 cm³/mol. The van der Waals surface area contributed by atoms with Crippen LogP contribution in [0.5, 0.6) is 0 Å². The molecule has 120 valence electrons. The molecule has 2 rings (SSSR count). The number of carbonyl (C=O) groups is 2. The van der Waals surface area contributed by atoms with Gasteiger partial charge in [-0.25, -0.2) is 4.79 Å². The minimum absolute atomic E-state index is 0.0334. The van der Waals surface area contributed by atoms with Crippen LogP contribution in [0.2, 0.25) is 0 Å². The summed E-state index contributed by atoms with van der Waals surface area (Å²) >= 11 is 0. The van der Waals surface area contributed by atoms with E-state index in [9.17, 15) is 9.59 Å². The SMILES string of the molecule is CC1CN(C(=O)OC(C)(C)C)CC(=O)N1Cc1ccccc1. The first-order valence-corrected chi connectivity index (χ1v) is 7.57. The Morgan fingerprint density at radius 1 is 1.27 bits per heavy atom. The average molecular weight is 304 g/mol. The number of rotatable bonds is 2. The van der Waals surface area contributed by atoms with Gasteiger partial charge >= 0.3 is 6.09 Å². The molecule has 22 heavy (non-hydrogen) atoms. The standard InChI is InChI=1S/C17H24N2O3/c1-13-10-18(16(21)22-17(2,3)4)12-15(20)19(13)11-14-8-6-5-7-9-14/h5-9,13H,10-12H2,1-4H3. The highest BCUT2D eigenvalue weighted by molar-refractivity contribution is 5.84. The van der Waals surface area contributed by atoms with Crippen molar-refractivity contribution >= 4 is 12.0 Å². The van der Waals surface area contributed by atoms with E-state index >= 15 is 0 Å². The molecule has 1 heterocycles. The van der Waals surface area contributed by atoms with Crippen LogP contribution in [0.15, 0.2) is 30.3 Å². The van der Waals surface area contributed by atoms with Gasteiger partial charge in [-0.3, -0.25) is 9.69 Å². The topological polar surface area (TPSA) is 49.9 Å². The quantitative estimate of drug-likeness (QED) is 0.844. The van der Waals surface area contributed by atoms with Gasteiger partial charge < -0.3 is 9.64 Å². The second-order valence-corrected chi connectivity index (χ2v) is 6.72. The molecule has 1 unspecified atom stereocenters. The zero-order chi connectivity index (χ0) is 16.3. The Hall–Kier alpha value is -2.04. The van der Waals surface area contributed by atoms with Gasteiger partial charge in [0.15, 0.2) is 0 Å². The summed E-state index contributed by atoms with van der Waals surface area (Å²) in [6, 6.07) is 9.84. The van der Waals surface area contributed by atoms with E-state index in [1.807, 2.05) is 62.9 Å². The highest BCUT2D eigenvalue weighted by Crippen LogP contribution is 2.17. The molecule has 1 aromatic rings. The summed E-state index contributed by atoms with van der Waals surface area (Å²) in [5.41, 5.74) is 0.540. The fraction of sp³-hybridized carbons (Fsp3) is 0.529. The molecule has 0 aliphatic carbocycles. The predicted octanol–water partition coefficient (Wildman–Crippen LogP) is 2.65. The molecule has 2 amide bonds. The number of carbonyl (C=O) groups excluding carboxylic acids is 2. The zero-order valence-corrected chi connectivity index (χ0v) is 13.7. The molecule has 1 saturated heterocycles. The van der Waals surface area contributed by atoms with Crippen molar-refractivity contribution in [3.63, 3.8) is 0 Å². The van der Waals surface area contributed by atoms with Crippen LogP contribution in [-0.4, -0.2) is 46.5 Å². The van der Waals surface area contributed by atoms with Crippen molar-refractivity contribution in [2.45, 2.75) is 45.9 Å². The van der Waals surface area contributed by atoms with Crippen molar-refractivity contribution in [1.29, 1.82) is 0 Å². The summed E-state index contributed by atoms with van der Waals surface area (Å²) in [4.78, 5) is 27.8. The van der Waals surface area contributed by atoms with Crippen molar-refractivity contribution in [3.8, 4) is 0 Å². The molecule has 0 spiro atoms. The van der Waals surface area contributed by atoms with Gasteiger partial charge in [0.25, 0.3) is 0 Å². The fourth-order valence-corrected chi connectivity index (χ4v) is 2.47. The number of hydrogen-bond acceptors (Lipinski definition) is 3. The molecule has 0 radical (unpaired) electrons. The molecule has 0 bridgehead atoms. The summed E-state index contributed by atoms with van der Waals surface area (Å²) in [6.07, 6.45) is -0.424. The minimum Gasteiger partial charge on any atom is -0.444 e. The lowest BCUT2D eigenvalue weighted by atomic mass is 10.1. The normalized spacial score (nSPS) is 19.3. The summed E-state index contributed by atoms with van der Waals surface area (Å²) in [7, 11) is 0. The Morgan fingerprint density at radius 3 is 2.45 bits per heavy atom. The molecule has 1 aromatic carbocycles. The third kappa shape index (κ3) is 4.23. The maximum Gasteiger partial charge on any atom is 0.410 e. The third-order valence-corrected chi connectivity index (χ3v) is 3.51. The molecule has 1 aliphatic rings. The molecule has 1 atom stereocenters. The van der Waals surface area contributed by atoms with E-state index in [0.717, 1.165) is 5.56 Å². The lowest BCUT2D eigenvalue weighted by Crippen LogP contribution is -2.57. The Morgan fingerprint density at radius 2 is 1.91 bits per heavy atom. The molecule has 0 N–H and O–H groups in total. The van der Waals surface area contributed by atoms with Crippen molar-refractivity contribution in [3.05, 3.63) is 35.9 Å².